The topological polar surface area (TPSA) is 55.1 Å². The Kier molecular flexibility index (Phi) is 4.63. The van der Waals surface area contributed by atoms with E-state index in [1.54, 1.807) is 0 Å². The van der Waals surface area contributed by atoms with Crippen LogP contribution in [0.4, 0.5) is 10.1 Å². The molecule has 0 unspecified atom stereocenters. The third kappa shape index (κ3) is 3.50. The van der Waals surface area contributed by atoms with Gasteiger partial charge in [0.05, 0.1) is 5.69 Å². The highest BCUT2D eigenvalue weighted by atomic mass is 19.1. The van der Waals surface area contributed by atoms with Crippen molar-refractivity contribution in [3.8, 4) is 0 Å². The SMILES string of the molecule is CC(C)C1CCC(Nc2cc(C(N)=O)ccc2F)CC1. The van der Waals surface area contributed by atoms with E-state index in [-0.39, 0.29) is 11.9 Å². The maximum atomic E-state index is 13.8. The van der Waals surface area contributed by atoms with Crippen LogP contribution in [-0.4, -0.2) is 11.9 Å². The van der Waals surface area contributed by atoms with Crippen molar-refractivity contribution < 1.29 is 9.18 Å². The molecule has 0 spiro atoms. The summed E-state index contributed by atoms with van der Waals surface area (Å²) in [5.74, 6) is 0.623. The fraction of sp³-hybridized carbons (Fsp3) is 0.562. The van der Waals surface area contributed by atoms with Crippen LogP contribution in [0.2, 0.25) is 0 Å². The number of primary amides is 1. The van der Waals surface area contributed by atoms with Crippen molar-refractivity contribution in [2.24, 2.45) is 17.6 Å². The van der Waals surface area contributed by atoms with Gasteiger partial charge < -0.3 is 11.1 Å². The van der Waals surface area contributed by atoms with E-state index in [1.165, 1.54) is 31.0 Å². The lowest BCUT2D eigenvalue weighted by atomic mass is 9.79. The average molecular weight is 278 g/mol. The summed E-state index contributed by atoms with van der Waals surface area (Å²) in [6.07, 6.45) is 4.44. The maximum Gasteiger partial charge on any atom is 0.248 e. The van der Waals surface area contributed by atoms with E-state index >= 15 is 0 Å². The molecule has 1 aromatic rings. The summed E-state index contributed by atoms with van der Waals surface area (Å²) in [5, 5.41) is 3.22. The number of rotatable bonds is 4. The second kappa shape index (κ2) is 6.25. The summed E-state index contributed by atoms with van der Waals surface area (Å²) in [4.78, 5) is 11.1. The molecule has 0 heterocycles. The number of halogens is 1. The lowest BCUT2D eigenvalue weighted by molar-refractivity contribution is 0.100. The molecule has 0 aromatic heterocycles. The van der Waals surface area contributed by atoms with Crippen molar-refractivity contribution in [1.82, 2.24) is 0 Å². The van der Waals surface area contributed by atoms with Gasteiger partial charge in [-0.05, 0) is 55.7 Å². The van der Waals surface area contributed by atoms with Gasteiger partial charge in [0.2, 0.25) is 5.91 Å². The van der Waals surface area contributed by atoms with Crippen molar-refractivity contribution in [3.05, 3.63) is 29.6 Å². The second-order valence-electron chi connectivity index (χ2n) is 6.06. The molecule has 1 amide bonds. The zero-order valence-corrected chi connectivity index (χ0v) is 12.2. The van der Waals surface area contributed by atoms with Crippen LogP contribution in [0.5, 0.6) is 0 Å². The molecular weight excluding hydrogens is 255 g/mol. The number of hydrogen-bond acceptors (Lipinski definition) is 2. The lowest BCUT2D eigenvalue weighted by Gasteiger charge is -2.32. The van der Waals surface area contributed by atoms with Crippen LogP contribution < -0.4 is 11.1 Å². The highest BCUT2D eigenvalue weighted by Crippen LogP contribution is 2.31. The van der Waals surface area contributed by atoms with Crippen molar-refractivity contribution in [3.63, 3.8) is 0 Å². The Morgan fingerprint density at radius 1 is 1.30 bits per heavy atom. The first kappa shape index (κ1) is 14.8. The van der Waals surface area contributed by atoms with Crippen molar-refractivity contribution in [2.75, 3.05) is 5.32 Å². The standard InChI is InChI=1S/C16H23FN2O/c1-10(2)11-3-6-13(7-4-11)19-15-9-12(16(18)20)5-8-14(15)17/h5,8-11,13,19H,3-4,6-7H2,1-2H3,(H2,18,20). The molecule has 1 aliphatic carbocycles. The van der Waals surface area contributed by atoms with Gasteiger partial charge in [-0.15, -0.1) is 0 Å². The Morgan fingerprint density at radius 2 is 1.95 bits per heavy atom. The molecule has 3 N–H and O–H groups in total. The van der Waals surface area contributed by atoms with Gasteiger partial charge in [0.25, 0.3) is 0 Å². The number of benzene rings is 1. The minimum Gasteiger partial charge on any atom is -0.380 e. The van der Waals surface area contributed by atoms with Gasteiger partial charge in [0, 0.05) is 11.6 Å². The van der Waals surface area contributed by atoms with Crippen LogP contribution in [0.25, 0.3) is 0 Å². The average Bonchev–Trinajstić information content (AvgIpc) is 2.41. The predicted octanol–water partition coefficient (Wildman–Crippen LogP) is 3.55. The monoisotopic (exact) mass is 278 g/mol. The molecule has 0 aliphatic heterocycles. The normalized spacial score (nSPS) is 22.8. The fourth-order valence-electron chi connectivity index (χ4n) is 2.94. The number of hydrogen-bond donors (Lipinski definition) is 2. The van der Waals surface area contributed by atoms with E-state index in [0.29, 0.717) is 17.2 Å². The predicted molar refractivity (Wildman–Crippen MR) is 79.1 cm³/mol. The molecule has 0 radical (unpaired) electrons. The molecule has 1 saturated carbocycles. The summed E-state index contributed by atoms with van der Waals surface area (Å²) >= 11 is 0. The molecule has 0 saturated heterocycles. The number of carbonyl (C=O) groups excluding carboxylic acids is 1. The van der Waals surface area contributed by atoms with Crippen LogP contribution in [0, 0.1) is 17.7 Å². The highest BCUT2D eigenvalue weighted by molar-refractivity contribution is 5.93. The van der Waals surface area contributed by atoms with Crippen LogP contribution in [0.3, 0.4) is 0 Å². The van der Waals surface area contributed by atoms with Gasteiger partial charge in [0.15, 0.2) is 0 Å². The summed E-state index contributed by atoms with van der Waals surface area (Å²) < 4.78 is 13.8. The van der Waals surface area contributed by atoms with Crippen molar-refractivity contribution >= 4 is 11.6 Å². The fourth-order valence-corrected chi connectivity index (χ4v) is 2.94. The Morgan fingerprint density at radius 3 is 2.50 bits per heavy atom. The first-order valence-corrected chi connectivity index (χ1v) is 7.33. The van der Waals surface area contributed by atoms with E-state index in [9.17, 15) is 9.18 Å². The Labute approximate surface area is 119 Å². The minimum atomic E-state index is -0.531. The molecule has 0 atom stereocenters. The second-order valence-corrected chi connectivity index (χ2v) is 6.06. The molecular formula is C16H23FN2O. The van der Waals surface area contributed by atoms with Gasteiger partial charge in [-0.3, -0.25) is 4.79 Å². The molecule has 4 heteroatoms. The van der Waals surface area contributed by atoms with Gasteiger partial charge in [-0.25, -0.2) is 4.39 Å². The molecule has 1 aromatic carbocycles. The molecule has 2 rings (SSSR count). The van der Waals surface area contributed by atoms with E-state index in [2.05, 4.69) is 19.2 Å². The van der Waals surface area contributed by atoms with Crippen LogP contribution in [0.15, 0.2) is 18.2 Å². The maximum absolute atomic E-state index is 13.8. The number of nitrogens with one attached hydrogen (secondary N) is 1. The van der Waals surface area contributed by atoms with Crippen molar-refractivity contribution in [2.45, 2.75) is 45.6 Å². The smallest absolute Gasteiger partial charge is 0.248 e. The summed E-state index contributed by atoms with van der Waals surface area (Å²) in [6.45, 7) is 4.52. The number of amides is 1. The molecule has 0 bridgehead atoms. The van der Waals surface area contributed by atoms with E-state index in [0.717, 1.165) is 18.8 Å². The molecule has 1 aliphatic rings. The first-order valence-electron chi connectivity index (χ1n) is 7.33. The van der Waals surface area contributed by atoms with Gasteiger partial charge in [-0.1, -0.05) is 13.8 Å². The molecule has 1 fully saturated rings. The number of anilines is 1. The highest BCUT2D eigenvalue weighted by Gasteiger charge is 2.23. The minimum absolute atomic E-state index is 0.280. The van der Waals surface area contributed by atoms with E-state index < -0.39 is 5.91 Å². The zero-order chi connectivity index (χ0) is 14.7. The van der Waals surface area contributed by atoms with Crippen molar-refractivity contribution in [1.29, 1.82) is 0 Å². The molecule has 20 heavy (non-hydrogen) atoms. The zero-order valence-electron chi connectivity index (χ0n) is 12.2. The molecule has 3 nitrogen and oxygen atoms in total. The number of carbonyl (C=O) groups is 1. The van der Waals surface area contributed by atoms with Gasteiger partial charge >= 0.3 is 0 Å². The van der Waals surface area contributed by atoms with Crippen LogP contribution in [-0.2, 0) is 0 Å². The third-order valence-electron chi connectivity index (χ3n) is 4.33. The summed E-state index contributed by atoms with van der Waals surface area (Å²) in [6, 6.07) is 4.50. The number of nitrogens with two attached hydrogens (primary N) is 1. The van der Waals surface area contributed by atoms with E-state index in [1.807, 2.05) is 0 Å². The van der Waals surface area contributed by atoms with Crippen LogP contribution in [0.1, 0.15) is 49.9 Å². The largest absolute Gasteiger partial charge is 0.380 e. The Balaban J connectivity index is 2.00. The summed E-state index contributed by atoms with van der Waals surface area (Å²) in [7, 11) is 0. The van der Waals surface area contributed by atoms with Gasteiger partial charge in [-0.2, -0.15) is 0 Å². The third-order valence-corrected chi connectivity index (χ3v) is 4.33. The Bertz CT molecular complexity index is 479. The van der Waals surface area contributed by atoms with Gasteiger partial charge in [0.1, 0.15) is 5.82 Å². The first-order chi connectivity index (χ1) is 9.47. The molecule has 110 valence electrons. The Hall–Kier alpha value is -1.58. The lowest BCUT2D eigenvalue weighted by Crippen LogP contribution is -2.28. The van der Waals surface area contributed by atoms with Crippen LogP contribution >= 0.6 is 0 Å². The quantitative estimate of drug-likeness (QED) is 0.885. The van der Waals surface area contributed by atoms with E-state index in [4.69, 9.17) is 5.73 Å². The summed E-state index contributed by atoms with van der Waals surface area (Å²) in [5.41, 5.74) is 5.95.